The van der Waals surface area contributed by atoms with Crippen LogP contribution in [0.4, 0.5) is 11.4 Å². The smallest absolute Gasteiger partial charge is 0.314 e. The maximum atomic E-state index is 11.9. The molecular formula is C15H9Cl2N3O2. The molecule has 110 valence electrons. The van der Waals surface area contributed by atoms with E-state index in [9.17, 15) is 9.59 Å². The van der Waals surface area contributed by atoms with Crippen LogP contribution in [-0.4, -0.2) is 11.8 Å². The van der Waals surface area contributed by atoms with Crippen molar-refractivity contribution < 1.29 is 9.59 Å². The Morgan fingerprint density at radius 2 is 1.50 bits per heavy atom. The zero-order valence-corrected chi connectivity index (χ0v) is 12.6. The minimum absolute atomic E-state index is 0.152. The summed E-state index contributed by atoms with van der Waals surface area (Å²) >= 11 is 11.8. The number of nitrogens with one attached hydrogen (secondary N) is 2. The molecule has 0 aliphatic rings. The van der Waals surface area contributed by atoms with E-state index in [2.05, 4.69) is 10.6 Å². The molecule has 0 saturated heterocycles. The third-order valence-corrected chi connectivity index (χ3v) is 3.33. The van der Waals surface area contributed by atoms with E-state index in [4.69, 9.17) is 28.5 Å². The summed E-state index contributed by atoms with van der Waals surface area (Å²) in [4.78, 5) is 23.8. The number of amides is 2. The fourth-order valence-electron chi connectivity index (χ4n) is 1.66. The Morgan fingerprint density at radius 1 is 0.909 bits per heavy atom. The number of para-hydroxylation sites is 2. The van der Waals surface area contributed by atoms with Crippen LogP contribution < -0.4 is 10.6 Å². The Hall–Kier alpha value is -2.55. The summed E-state index contributed by atoms with van der Waals surface area (Å²) in [5, 5.41) is 14.1. The SMILES string of the molecule is N#Cc1ccccc1NC(=O)C(=O)Nc1c(Cl)cccc1Cl. The summed E-state index contributed by atoms with van der Waals surface area (Å²) in [7, 11) is 0. The molecule has 5 nitrogen and oxygen atoms in total. The lowest BCUT2D eigenvalue weighted by atomic mass is 10.2. The molecule has 0 spiro atoms. The van der Waals surface area contributed by atoms with Crippen molar-refractivity contribution in [2.45, 2.75) is 0 Å². The van der Waals surface area contributed by atoms with Crippen molar-refractivity contribution in [3.05, 3.63) is 58.1 Å². The van der Waals surface area contributed by atoms with Gasteiger partial charge in [-0.15, -0.1) is 0 Å². The third kappa shape index (κ3) is 3.55. The van der Waals surface area contributed by atoms with Crippen LogP contribution in [0.3, 0.4) is 0 Å². The summed E-state index contributed by atoms with van der Waals surface area (Å²) in [6, 6.07) is 12.9. The summed E-state index contributed by atoms with van der Waals surface area (Å²) < 4.78 is 0. The van der Waals surface area contributed by atoms with Gasteiger partial charge in [-0.05, 0) is 24.3 Å². The monoisotopic (exact) mass is 333 g/mol. The molecule has 0 unspecified atom stereocenters. The number of halogens is 2. The van der Waals surface area contributed by atoms with Crippen LogP contribution in [0.1, 0.15) is 5.56 Å². The van der Waals surface area contributed by atoms with E-state index in [1.807, 2.05) is 6.07 Å². The van der Waals surface area contributed by atoms with Crippen molar-refractivity contribution in [1.82, 2.24) is 0 Å². The van der Waals surface area contributed by atoms with E-state index < -0.39 is 11.8 Å². The first kappa shape index (κ1) is 15.8. The number of nitriles is 1. The molecule has 0 aliphatic carbocycles. The van der Waals surface area contributed by atoms with Crippen LogP contribution in [0, 0.1) is 11.3 Å². The zero-order chi connectivity index (χ0) is 16.1. The number of carbonyl (C=O) groups is 2. The quantitative estimate of drug-likeness (QED) is 0.826. The first-order valence-corrected chi connectivity index (χ1v) is 6.84. The van der Waals surface area contributed by atoms with Crippen molar-refractivity contribution >= 4 is 46.4 Å². The number of nitrogens with zero attached hydrogens (tertiary/aromatic N) is 1. The van der Waals surface area contributed by atoms with Gasteiger partial charge in [-0.2, -0.15) is 5.26 Å². The van der Waals surface area contributed by atoms with E-state index in [0.29, 0.717) is 0 Å². The van der Waals surface area contributed by atoms with Gasteiger partial charge in [-0.1, -0.05) is 41.4 Å². The van der Waals surface area contributed by atoms with Crippen LogP contribution in [0.2, 0.25) is 10.0 Å². The van der Waals surface area contributed by atoms with Gasteiger partial charge in [-0.25, -0.2) is 0 Å². The lowest BCUT2D eigenvalue weighted by Crippen LogP contribution is -2.29. The molecule has 0 bridgehead atoms. The number of rotatable bonds is 2. The normalized spacial score (nSPS) is 9.68. The van der Waals surface area contributed by atoms with E-state index in [-0.39, 0.29) is 27.0 Å². The van der Waals surface area contributed by atoms with Crippen molar-refractivity contribution in [1.29, 1.82) is 5.26 Å². The minimum Gasteiger partial charge on any atom is -0.317 e. The molecule has 0 heterocycles. The molecule has 2 aromatic carbocycles. The van der Waals surface area contributed by atoms with Crippen LogP contribution in [0.5, 0.6) is 0 Å². The molecule has 2 amide bonds. The van der Waals surface area contributed by atoms with Crippen molar-refractivity contribution in [2.75, 3.05) is 10.6 Å². The average Bonchev–Trinajstić information content (AvgIpc) is 2.51. The van der Waals surface area contributed by atoms with Gasteiger partial charge in [0, 0.05) is 0 Å². The van der Waals surface area contributed by atoms with Crippen LogP contribution in [-0.2, 0) is 9.59 Å². The second-order valence-corrected chi connectivity index (χ2v) is 4.98. The van der Waals surface area contributed by atoms with Gasteiger partial charge in [0.2, 0.25) is 0 Å². The van der Waals surface area contributed by atoms with Crippen LogP contribution in [0.25, 0.3) is 0 Å². The highest BCUT2D eigenvalue weighted by atomic mass is 35.5. The van der Waals surface area contributed by atoms with Crippen molar-refractivity contribution in [3.8, 4) is 6.07 Å². The maximum Gasteiger partial charge on any atom is 0.314 e. The number of anilines is 2. The standard InChI is InChI=1S/C15H9Cl2N3O2/c16-10-5-3-6-11(17)13(10)20-15(22)14(21)19-12-7-2-1-4-9(12)8-18/h1-7H,(H,19,21)(H,20,22). The largest absolute Gasteiger partial charge is 0.317 e. The van der Waals surface area contributed by atoms with Crippen molar-refractivity contribution in [2.24, 2.45) is 0 Å². The molecular weight excluding hydrogens is 325 g/mol. The van der Waals surface area contributed by atoms with Gasteiger partial charge in [0.15, 0.2) is 0 Å². The van der Waals surface area contributed by atoms with E-state index in [0.717, 1.165) is 0 Å². The van der Waals surface area contributed by atoms with E-state index in [1.165, 1.54) is 24.3 Å². The molecule has 0 saturated carbocycles. The summed E-state index contributed by atoms with van der Waals surface area (Å²) in [6.45, 7) is 0. The van der Waals surface area contributed by atoms with Gasteiger partial charge < -0.3 is 10.6 Å². The van der Waals surface area contributed by atoms with E-state index >= 15 is 0 Å². The topological polar surface area (TPSA) is 82.0 Å². The first-order valence-electron chi connectivity index (χ1n) is 6.08. The second-order valence-electron chi connectivity index (χ2n) is 4.16. The Balaban J connectivity index is 2.14. The second kappa shape index (κ2) is 6.94. The Labute approximate surface area is 136 Å². The molecule has 2 aromatic rings. The van der Waals surface area contributed by atoms with Gasteiger partial charge >= 0.3 is 11.8 Å². The number of carbonyl (C=O) groups excluding carboxylic acids is 2. The molecule has 7 heteroatoms. The lowest BCUT2D eigenvalue weighted by molar-refractivity contribution is -0.132. The summed E-state index contributed by atoms with van der Waals surface area (Å²) in [6.07, 6.45) is 0. The van der Waals surface area contributed by atoms with Crippen LogP contribution in [0.15, 0.2) is 42.5 Å². The zero-order valence-electron chi connectivity index (χ0n) is 11.1. The third-order valence-electron chi connectivity index (χ3n) is 2.70. The van der Waals surface area contributed by atoms with Crippen LogP contribution >= 0.6 is 23.2 Å². The molecule has 0 radical (unpaired) electrons. The predicted octanol–water partition coefficient (Wildman–Crippen LogP) is 3.44. The number of hydrogen-bond donors (Lipinski definition) is 2. The van der Waals surface area contributed by atoms with Gasteiger partial charge in [0.05, 0.1) is 27.0 Å². The number of hydrogen-bond acceptors (Lipinski definition) is 3. The Morgan fingerprint density at radius 3 is 2.14 bits per heavy atom. The molecule has 22 heavy (non-hydrogen) atoms. The van der Waals surface area contributed by atoms with Crippen molar-refractivity contribution in [3.63, 3.8) is 0 Å². The average molecular weight is 334 g/mol. The Bertz CT molecular complexity index is 764. The summed E-state index contributed by atoms with van der Waals surface area (Å²) in [5.74, 6) is -1.87. The molecule has 0 atom stereocenters. The highest BCUT2D eigenvalue weighted by Gasteiger charge is 2.18. The minimum atomic E-state index is -0.942. The fourth-order valence-corrected chi connectivity index (χ4v) is 2.15. The van der Waals surface area contributed by atoms with Gasteiger partial charge in [0.1, 0.15) is 6.07 Å². The molecule has 0 aromatic heterocycles. The molecule has 2 N–H and O–H groups in total. The highest BCUT2D eigenvalue weighted by Crippen LogP contribution is 2.29. The first-order chi connectivity index (χ1) is 10.5. The predicted molar refractivity (Wildman–Crippen MR) is 84.9 cm³/mol. The summed E-state index contributed by atoms with van der Waals surface area (Å²) in [5.41, 5.74) is 0.648. The Kier molecular flexibility index (Phi) is 4.99. The maximum absolute atomic E-state index is 11.9. The molecule has 0 fully saturated rings. The lowest BCUT2D eigenvalue weighted by Gasteiger charge is -2.10. The fraction of sp³-hybridized carbons (Fsp3) is 0. The molecule has 0 aliphatic heterocycles. The number of benzene rings is 2. The highest BCUT2D eigenvalue weighted by molar-refractivity contribution is 6.46. The van der Waals surface area contributed by atoms with Gasteiger partial charge in [0.25, 0.3) is 0 Å². The molecule has 2 rings (SSSR count). The van der Waals surface area contributed by atoms with Gasteiger partial charge in [-0.3, -0.25) is 9.59 Å². The van der Waals surface area contributed by atoms with E-state index in [1.54, 1.807) is 18.2 Å².